The van der Waals surface area contributed by atoms with Gasteiger partial charge in [0.25, 0.3) is 0 Å². The van der Waals surface area contributed by atoms with E-state index in [1.807, 2.05) is 36.9 Å². The second-order valence-electron chi connectivity index (χ2n) is 8.62. The van der Waals surface area contributed by atoms with Crippen LogP contribution in [0.15, 0.2) is 54.6 Å². The lowest BCUT2D eigenvalue weighted by molar-refractivity contribution is -0.129. The minimum Gasteiger partial charge on any atom is -0.491 e. The summed E-state index contributed by atoms with van der Waals surface area (Å²) >= 11 is 0. The molecule has 1 amide bonds. The Morgan fingerprint density at radius 2 is 1.55 bits per heavy atom. The van der Waals surface area contributed by atoms with Gasteiger partial charge in [0, 0.05) is 20.0 Å². The van der Waals surface area contributed by atoms with E-state index in [2.05, 4.69) is 50.2 Å². The van der Waals surface area contributed by atoms with E-state index in [0.717, 1.165) is 25.1 Å². The smallest absolute Gasteiger partial charge is 0.219 e. The highest BCUT2D eigenvalue weighted by Gasteiger charge is 2.17. The Hall–Kier alpha value is -2.29. The van der Waals surface area contributed by atoms with Crippen LogP contribution in [0.25, 0.3) is 0 Å². The molecular formula is C26H37NO2. The standard InChI is InChI=1S/C26H37NO2/c1-20(2)11-12-25(24-13-15-26(16-14-24)29-21(3)4)17-18-27(22(5)28)19-23-9-7-6-8-10-23/h6-10,13-16,20-21,25H,11-12,17-19H2,1-5H3. The number of ether oxygens (including phenoxy) is 1. The summed E-state index contributed by atoms with van der Waals surface area (Å²) in [5.41, 5.74) is 2.52. The lowest BCUT2D eigenvalue weighted by Crippen LogP contribution is -2.30. The molecule has 0 saturated heterocycles. The first-order valence-corrected chi connectivity index (χ1v) is 10.9. The molecule has 3 heteroatoms. The van der Waals surface area contributed by atoms with Crippen LogP contribution >= 0.6 is 0 Å². The molecule has 0 fully saturated rings. The molecule has 0 N–H and O–H groups in total. The predicted octanol–water partition coefficient (Wildman–Crippen LogP) is 6.43. The highest BCUT2D eigenvalue weighted by Crippen LogP contribution is 2.29. The summed E-state index contributed by atoms with van der Waals surface area (Å²) in [7, 11) is 0. The monoisotopic (exact) mass is 395 g/mol. The van der Waals surface area contributed by atoms with Gasteiger partial charge in [0.15, 0.2) is 0 Å². The molecule has 29 heavy (non-hydrogen) atoms. The highest BCUT2D eigenvalue weighted by molar-refractivity contribution is 5.73. The van der Waals surface area contributed by atoms with Crippen molar-refractivity contribution < 1.29 is 9.53 Å². The first kappa shape index (κ1) is 23.0. The zero-order valence-electron chi connectivity index (χ0n) is 18.7. The molecule has 0 aliphatic carbocycles. The molecule has 1 atom stereocenters. The lowest BCUT2D eigenvalue weighted by atomic mass is 9.88. The van der Waals surface area contributed by atoms with Gasteiger partial charge in [0.1, 0.15) is 5.75 Å². The average molecular weight is 396 g/mol. The molecule has 0 heterocycles. The summed E-state index contributed by atoms with van der Waals surface area (Å²) in [6.07, 6.45) is 3.48. The van der Waals surface area contributed by atoms with Gasteiger partial charge in [0.2, 0.25) is 5.91 Å². The highest BCUT2D eigenvalue weighted by atomic mass is 16.5. The van der Waals surface area contributed by atoms with Gasteiger partial charge in [-0.1, -0.05) is 62.7 Å². The lowest BCUT2D eigenvalue weighted by Gasteiger charge is -2.25. The maximum Gasteiger partial charge on any atom is 0.219 e. The summed E-state index contributed by atoms with van der Waals surface area (Å²) < 4.78 is 5.79. The summed E-state index contributed by atoms with van der Waals surface area (Å²) in [6.45, 7) is 11.8. The fourth-order valence-electron chi connectivity index (χ4n) is 3.57. The van der Waals surface area contributed by atoms with E-state index >= 15 is 0 Å². The molecule has 0 saturated carbocycles. The third-order valence-electron chi connectivity index (χ3n) is 5.22. The molecule has 3 nitrogen and oxygen atoms in total. The minimum atomic E-state index is 0.136. The molecule has 2 aromatic rings. The Labute approximate surface area is 177 Å². The van der Waals surface area contributed by atoms with Gasteiger partial charge in [-0.15, -0.1) is 0 Å². The van der Waals surface area contributed by atoms with Crippen molar-refractivity contribution in [1.82, 2.24) is 4.90 Å². The van der Waals surface area contributed by atoms with Gasteiger partial charge < -0.3 is 9.64 Å². The Balaban J connectivity index is 2.07. The van der Waals surface area contributed by atoms with Crippen molar-refractivity contribution in [2.75, 3.05) is 6.54 Å². The summed E-state index contributed by atoms with van der Waals surface area (Å²) in [6, 6.07) is 18.8. The number of carbonyl (C=O) groups excluding carboxylic acids is 1. The minimum absolute atomic E-state index is 0.136. The van der Waals surface area contributed by atoms with E-state index in [9.17, 15) is 4.79 Å². The van der Waals surface area contributed by atoms with Gasteiger partial charge in [-0.05, 0) is 61.8 Å². The van der Waals surface area contributed by atoms with Crippen LogP contribution in [0.5, 0.6) is 5.75 Å². The van der Waals surface area contributed by atoms with E-state index in [0.29, 0.717) is 18.4 Å². The molecule has 2 aromatic carbocycles. The van der Waals surface area contributed by atoms with Crippen molar-refractivity contribution in [2.24, 2.45) is 5.92 Å². The maximum atomic E-state index is 12.2. The van der Waals surface area contributed by atoms with E-state index in [-0.39, 0.29) is 12.0 Å². The topological polar surface area (TPSA) is 29.5 Å². The van der Waals surface area contributed by atoms with E-state index in [1.54, 1.807) is 6.92 Å². The summed E-state index contributed by atoms with van der Waals surface area (Å²) in [5, 5.41) is 0. The predicted molar refractivity (Wildman–Crippen MR) is 121 cm³/mol. The zero-order valence-corrected chi connectivity index (χ0v) is 18.7. The molecule has 1 unspecified atom stereocenters. The van der Waals surface area contributed by atoms with E-state index in [4.69, 9.17) is 4.74 Å². The normalized spacial score (nSPS) is 12.2. The number of hydrogen-bond donors (Lipinski definition) is 0. The molecule has 0 aliphatic heterocycles. The number of benzene rings is 2. The number of rotatable bonds is 11. The Kier molecular flexibility index (Phi) is 9.24. The van der Waals surface area contributed by atoms with Crippen LogP contribution in [0.2, 0.25) is 0 Å². The number of nitrogens with zero attached hydrogens (tertiary/aromatic N) is 1. The van der Waals surface area contributed by atoms with Crippen molar-refractivity contribution in [3.8, 4) is 5.75 Å². The van der Waals surface area contributed by atoms with Crippen LogP contribution in [0.4, 0.5) is 0 Å². The van der Waals surface area contributed by atoms with E-state index in [1.165, 1.54) is 17.5 Å². The van der Waals surface area contributed by atoms with Crippen LogP contribution in [0.1, 0.15) is 70.9 Å². The molecule has 0 bridgehead atoms. The van der Waals surface area contributed by atoms with Crippen molar-refractivity contribution in [2.45, 2.75) is 72.4 Å². The van der Waals surface area contributed by atoms with Crippen LogP contribution < -0.4 is 4.74 Å². The Morgan fingerprint density at radius 3 is 2.10 bits per heavy atom. The van der Waals surface area contributed by atoms with Crippen LogP contribution in [-0.2, 0) is 11.3 Å². The number of hydrogen-bond acceptors (Lipinski definition) is 2. The quantitative estimate of drug-likeness (QED) is 0.438. The van der Waals surface area contributed by atoms with Crippen molar-refractivity contribution >= 4 is 5.91 Å². The molecule has 0 aromatic heterocycles. The molecule has 2 rings (SSSR count). The first-order valence-electron chi connectivity index (χ1n) is 10.9. The van der Waals surface area contributed by atoms with Gasteiger partial charge in [-0.25, -0.2) is 0 Å². The fraction of sp³-hybridized carbons (Fsp3) is 0.500. The average Bonchev–Trinajstić information content (AvgIpc) is 2.68. The number of carbonyl (C=O) groups is 1. The first-order chi connectivity index (χ1) is 13.8. The third-order valence-corrected chi connectivity index (χ3v) is 5.22. The molecule has 0 aliphatic rings. The summed E-state index contributed by atoms with van der Waals surface area (Å²) in [5.74, 6) is 2.18. The van der Waals surface area contributed by atoms with Crippen molar-refractivity contribution in [3.63, 3.8) is 0 Å². The Morgan fingerprint density at radius 1 is 0.897 bits per heavy atom. The van der Waals surface area contributed by atoms with E-state index < -0.39 is 0 Å². The van der Waals surface area contributed by atoms with Crippen LogP contribution in [-0.4, -0.2) is 23.5 Å². The van der Waals surface area contributed by atoms with Gasteiger partial charge >= 0.3 is 0 Å². The second-order valence-corrected chi connectivity index (χ2v) is 8.62. The fourth-order valence-corrected chi connectivity index (χ4v) is 3.57. The van der Waals surface area contributed by atoms with Crippen molar-refractivity contribution in [1.29, 1.82) is 0 Å². The molecule has 158 valence electrons. The summed E-state index contributed by atoms with van der Waals surface area (Å²) in [4.78, 5) is 14.2. The van der Waals surface area contributed by atoms with Crippen molar-refractivity contribution in [3.05, 3.63) is 65.7 Å². The second kappa shape index (κ2) is 11.6. The third kappa shape index (κ3) is 8.31. The van der Waals surface area contributed by atoms with Gasteiger partial charge in [0.05, 0.1) is 6.10 Å². The molecule has 0 spiro atoms. The maximum absolute atomic E-state index is 12.2. The SMILES string of the molecule is CC(=O)N(CCC(CCC(C)C)c1ccc(OC(C)C)cc1)Cc1ccccc1. The largest absolute Gasteiger partial charge is 0.491 e. The van der Waals surface area contributed by atoms with Crippen LogP contribution in [0, 0.1) is 5.92 Å². The van der Waals surface area contributed by atoms with Crippen LogP contribution in [0.3, 0.4) is 0 Å². The van der Waals surface area contributed by atoms with Gasteiger partial charge in [-0.3, -0.25) is 4.79 Å². The number of amides is 1. The molecule has 0 radical (unpaired) electrons. The van der Waals surface area contributed by atoms with Gasteiger partial charge in [-0.2, -0.15) is 0 Å². The molecular weight excluding hydrogens is 358 g/mol. The Bertz CT molecular complexity index is 722. The zero-order chi connectivity index (χ0) is 21.2.